The normalized spacial score (nSPS) is 15.1. The van der Waals surface area contributed by atoms with Crippen LogP contribution < -0.4 is 5.32 Å². The van der Waals surface area contributed by atoms with Gasteiger partial charge in [0.1, 0.15) is 6.04 Å². The summed E-state index contributed by atoms with van der Waals surface area (Å²) in [5.74, 6) is 0.326. The number of piperidine rings is 1. The van der Waals surface area contributed by atoms with Crippen LogP contribution >= 0.6 is 0 Å². The molecule has 1 unspecified atom stereocenters. The number of Topliss-reactive ketones (excluding diaryl/α,β-unsaturated/α-hetero) is 1. The van der Waals surface area contributed by atoms with E-state index in [4.69, 9.17) is 0 Å². The van der Waals surface area contributed by atoms with Gasteiger partial charge >= 0.3 is 6.18 Å². The molecule has 1 fully saturated rings. The Balaban J connectivity index is 1.23. The summed E-state index contributed by atoms with van der Waals surface area (Å²) in [5, 5.41) is 3.08. The van der Waals surface area contributed by atoms with Crippen LogP contribution in [0.3, 0.4) is 0 Å². The van der Waals surface area contributed by atoms with Crippen molar-refractivity contribution in [2.24, 2.45) is 0 Å². The predicted octanol–water partition coefficient (Wildman–Crippen LogP) is 8.24. The number of carbonyl (C=O) groups excluding carboxylic acids is 2. The van der Waals surface area contributed by atoms with Crippen LogP contribution in [0.25, 0.3) is 11.1 Å². The number of alkyl halides is 3. The lowest BCUT2D eigenvalue weighted by Gasteiger charge is -2.37. The van der Waals surface area contributed by atoms with Gasteiger partial charge in [-0.1, -0.05) is 97.9 Å². The van der Waals surface area contributed by atoms with E-state index in [0.717, 1.165) is 55.6 Å². The molecule has 0 spiro atoms. The molecule has 1 aliphatic heterocycles. The van der Waals surface area contributed by atoms with Crippen LogP contribution in [0.2, 0.25) is 0 Å². The van der Waals surface area contributed by atoms with Gasteiger partial charge in [-0.15, -0.1) is 0 Å². The fraction of sp³-hybridized carbons (Fsp3) is 0.297. The molecule has 1 N–H and O–H groups in total. The lowest BCUT2D eigenvalue weighted by Crippen LogP contribution is -2.44. The lowest BCUT2D eigenvalue weighted by atomic mass is 9.87. The van der Waals surface area contributed by atoms with Gasteiger partial charge in [-0.05, 0) is 78.2 Å². The quantitative estimate of drug-likeness (QED) is 0.187. The van der Waals surface area contributed by atoms with E-state index in [9.17, 15) is 22.8 Å². The third-order valence-corrected chi connectivity index (χ3v) is 8.37. The van der Waals surface area contributed by atoms with Crippen molar-refractivity contribution in [1.29, 1.82) is 0 Å². The van der Waals surface area contributed by atoms with Crippen LogP contribution in [0.5, 0.6) is 0 Å². The molecule has 4 aromatic carbocycles. The second kappa shape index (κ2) is 14.0. The summed E-state index contributed by atoms with van der Waals surface area (Å²) in [7, 11) is 0. The van der Waals surface area contributed by atoms with Gasteiger partial charge in [-0.25, -0.2) is 0 Å². The van der Waals surface area contributed by atoms with Gasteiger partial charge < -0.3 is 5.32 Å². The number of nitrogens with zero attached hydrogens (tertiary/aromatic N) is 1. The smallest absolute Gasteiger partial charge is 0.354 e. The zero-order chi connectivity index (χ0) is 31.1. The molecule has 228 valence electrons. The first-order valence-corrected chi connectivity index (χ1v) is 15.2. The molecule has 0 saturated carbocycles. The summed E-state index contributed by atoms with van der Waals surface area (Å²) in [6, 6.07) is 29.8. The number of ketones is 1. The van der Waals surface area contributed by atoms with Crippen LogP contribution in [0.15, 0.2) is 103 Å². The Bertz CT molecular complexity index is 1540. The van der Waals surface area contributed by atoms with Crippen molar-refractivity contribution < 1.29 is 22.8 Å². The molecule has 0 bridgehead atoms. The molecular weight excluding hydrogens is 561 g/mol. The summed E-state index contributed by atoms with van der Waals surface area (Å²) in [4.78, 5) is 28.7. The Morgan fingerprint density at radius 2 is 1.48 bits per heavy atom. The zero-order valence-corrected chi connectivity index (χ0v) is 24.8. The molecule has 5 rings (SSSR count). The average molecular weight is 599 g/mol. The van der Waals surface area contributed by atoms with Crippen molar-refractivity contribution in [2.75, 3.05) is 19.6 Å². The van der Waals surface area contributed by atoms with Gasteiger partial charge in [-0.3, -0.25) is 14.5 Å². The molecule has 0 radical (unpaired) electrons. The Kier molecular flexibility index (Phi) is 9.95. The van der Waals surface area contributed by atoms with E-state index in [2.05, 4.69) is 22.3 Å². The zero-order valence-electron chi connectivity index (χ0n) is 24.8. The van der Waals surface area contributed by atoms with Crippen molar-refractivity contribution in [1.82, 2.24) is 10.2 Å². The maximum absolute atomic E-state index is 13.3. The summed E-state index contributed by atoms with van der Waals surface area (Å²) in [6.07, 6.45) is -1.46. The number of benzene rings is 4. The van der Waals surface area contributed by atoms with E-state index in [0.29, 0.717) is 29.2 Å². The van der Waals surface area contributed by atoms with Crippen molar-refractivity contribution in [2.45, 2.75) is 50.7 Å². The number of rotatable bonds is 10. The molecule has 0 aromatic heterocycles. The lowest BCUT2D eigenvalue weighted by molar-refractivity contribution is -0.137. The van der Waals surface area contributed by atoms with Crippen LogP contribution in [-0.4, -0.2) is 36.2 Å². The second-order valence-electron chi connectivity index (χ2n) is 11.4. The molecule has 4 nitrogen and oxygen atoms in total. The number of hydrogen-bond donors (Lipinski definition) is 1. The van der Waals surface area contributed by atoms with Crippen LogP contribution in [-0.2, 0) is 17.4 Å². The number of hydrogen-bond acceptors (Lipinski definition) is 3. The van der Waals surface area contributed by atoms with E-state index < -0.39 is 11.7 Å². The predicted molar refractivity (Wildman–Crippen MR) is 167 cm³/mol. The van der Waals surface area contributed by atoms with Crippen molar-refractivity contribution in [3.05, 3.63) is 131 Å². The molecule has 1 amide bonds. The highest BCUT2D eigenvalue weighted by molar-refractivity contribution is 6.03. The molecule has 1 atom stereocenters. The summed E-state index contributed by atoms with van der Waals surface area (Å²) >= 11 is 0. The first-order valence-electron chi connectivity index (χ1n) is 15.2. The molecule has 0 aliphatic carbocycles. The molecule has 1 aliphatic rings. The fourth-order valence-electron chi connectivity index (χ4n) is 6.00. The number of amides is 1. The molecular formula is C37H37F3N2O2. The van der Waals surface area contributed by atoms with Crippen molar-refractivity contribution >= 4 is 11.7 Å². The second-order valence-corrected chi connectivity index (χ2v) is 11.4. The Hall–Kier alpha value is -4.23. The number of halogens is 3. The first kappa shape index (κ1) is 31.2. The van der Waals surface area contributed by atoms with Gasteiger partial charge in [0.05, 0.1) is 5.56 Å². The van der Waals surface area contributed by atoms with E-state index in [-0.39, 0.29) is 24.2 Å². The highest BCUT2D eigenvalue weighted by Crippen LogP contribution is 2.34. The minimum Gasteiger partial charge on any atom is -0.354 e. The SMILES string of the molecule is CCCNC(=O)C(c1ccccc1)N1CCC(c2ccc(CC(=O)c3ccccc3-c3ccc(C(F)(F)F)cc3)cc2)CC1. The number of likely N-dealkylation sites (tertiary alicyclic amines) is 1. The van der Waals surface area contributed by atoms with Gasteiger partial charge in [0.2, 0.25) is 5.91 Å². The topological polar surface area (TPSA) is 49.4 Å². The molecule has 7 heteroatoms. The van der Waals surface area contributed by atoms with E-state index in [1.165, 1.54) is 17.7 Å². The highest BCUT2D eigenvalue weighted by Gasteiger charge is 2.32. The maximum Gasteiger partial charge on any atom is 0.416 e. The highest BCUT2D eigenvalue weighted by atomic mass is 19.4. The minimum absolute atomic E-state index is 0.0467. The summed E-state index contributed by atoms with van der Waals surface area (Å²) in [5.41, 5.74) is 4.07. The van der Waals surface area contributed by atoms with Crippen LogP contribution in [0.4, 0.5) is 13.2 Å². The Morgan fingerprint density at radius 1 is 0.841 bits per heavy atom. The standard InChI is InChI=1S/C37H37F3N2O2/c1-2-22-41-36(44)35(30-8-4-3-5-9-30)42-23-20-28(21-24-42)27-14-12-26(13-15-27)25-34(43)33-11-7-6-10-32(33)29-16-18-31(19-17-29)37(38,39)40/h3-19,28,35H,2,20-25H2,1H3,(H,41,44). The van der Waals surface area contributed by atoms with Gasteiger partial charge in [0, 0.05) is 18.5 Å². The van der Waals surface area contributed by atoms with E-state index in [1.807, 2.05) is 49.4 Å². The Labute approximate surface area is 256 Å². The summed E-state index contributed by atoms with van der Waals surface area (Å²) < 4.78 is 39.1. The monoisotopic (exact) mass is 598 g/mol. The Morgan fingerprint density at radius 3 is 2.11 bits per heavy atom. The molecule has 44 heavy (non-hydrogen) atoms. The minimum atomic E-state index is -4.41. The fourth-order valence-corrected chi connectivity index (χ4v) is 6.00. The largest absolute Gasteiger partial charge is 0.416 e. The van der Waals surface area contributed by atoms with Crippen molar-refractivity contribution in [3.8, 4) is 11.1 Å². The number of nitrogens with one attached hydrogen (secondary N) is 1. The number of carbonyl (C=O) groups is 2. The molecule has 1 heterocycles. The average Bonchev–Trinajstić information content (AvgIpc) is 3.05. The van der Waals surface area contributed by atoms with E-state index >= 15 is 0 Å². The van der Waals surface area contributed by atoms with Crippen molar-refractivity contribution in [3.63, 3.8) is 0 Å². The van der Waals surface area contributed by atoms with Crippen LogP contribution in [0, 0.1) is 0 Å². The molecule has 4 aromatic rings. The first-order chi connectivity index (χ1) is 21.2. The van der Waals surface area contributed by atoms with Gasteiger partial charge in [0.15, 0.2) is 5.78 Å². The third kappa shape index (κ3) is 7.45. The maximum atomic E-state index is 13.3. The third-order valence-electron chi connectivity index (χ3n) is 8.37. The van der Waals surface area contributed by atoms with Gasteiger partial charge in [0.25, 0.3) is 0 Å². The summed E-state index contributed by atoms with van der Waals surface area (Å²) in [6.45, 7) is 4.33. The van der Waals surface area contributed by atoms with Crippen LogP contribution in [0.1, 0.15) is 70.8 Å². The van der Waals surface area contributed by atoms with Gasteiger partial charge in [-0.2, -0.15) is 13.2 Å². The van der Waals surface area contributed by atoms with E-state index in [1.54, 1.807) is 24.3 Å². The molecule has 1 saturated heterocycles.